The van der Waals surface area contributed by atoms with Crippen LogP contribution in [-0.4, -0.2) is 71.9 Å². The standard InChI is InChI=1S/C24H34N2O6/c27-21-13-5-1-3-7-17-31-23(29)20-12-10-16-26(20)22(28)14-6-2-4-8-18-32-24(30)19-11-9-15-25(19)21/h3-4,7-8,19-20H,1-2,5-6,9-18H2/b7-3+,8-4+/t19-,20-/m0/s1. The number of rotatable bonds is 0. The van der Waals surface area contributed by atoms with E-state index in [9.17, 15) is 19.2 Å². The summed E-state index contributed by atoms with van der Waals surface area (Å²) >= 11 is 0. The minimum absolute atomic E-state index is 0.0204. The van der Waals surface area contributed by atoms with Gasteiger partial charge in [0.15, 0.2) is 0 Å². The van der Waals surface area contributed by atoms with E-state index in [0.717, 1.165) is 12.8 Å². The number of esters is 2. The summed E-state index contributed by atoms with van der Waals surface area (Å²) in [6, 6.07) is -0.982. The predicted molar refractivity (Wildman–Crippen MR) is 117 cm³/mol. The Bertz CT molecular complexity index is 685. The van der Waals surface area contributed by atoms with Crippen LogP contribution in [0.1, 0.15) is 64.2 Å². The Kier molecular flexibility index (Phi) is 9.31. The van der Waals surface area contributed by atoms with Crippen LogP contribution in [0.4, 0.5) is 0 Å². The van der Waals surface area contributed by atoms with Gasteiger partial charge in [0.05, 0.1) is 0 Å². The van der Waals surface area contributed by atoms with Gasteiger partial charge in [-0.2, -0.15) is 0 Å². The molecule has 176 valence electrons. The van der Waals surface area contributed by atoms with Crippen molar-refractivity contribution in [3.05, 3.63) is 24.3 Å². The van der Waals surface area contributed by atoms with Gasteiger partial charge in [-0.15, -0.1) is 0 Å². The maximum Gasteiger partial charge on any atom is 0.329 e. The molecular formula is C24H34N2O6. The second-order valence-electron chi connectivity index (χ2n) is 8.48. The Labute approximate surface area is 189 Å². The van der Waals surface area contributed by atoms with Gasteiger partial charge in [-0.3, -0.25) is 9.59 Å². The number of cyclic esters (lactones) is 2. The van der Waals surface area contributed by atoms with E-state index < -0.39 is 12.1 Å². The van der Waals surface area contributed by atoms with Crippen LogP contribution < -0.4 is 0 Å². The molecule has 0 aromatic heterocycles. The fourth-order valence-corrected chi connectivity index (χ4v) is 4.47. The molecule has 3 rings (SSSR count). The van der Waals surface area contributed by atoms with Crippen LogP contribution >= 0.6 is 0 Å². The van der Waals surface area contributed by atoms with Crippen molar-refractivity contribution in [3.63, 3.8) is 0 Å². The molecule has 0 N–H and O–H groups in total. The quantitative estimate of drug-likeness (QED) is 0.419. The molecule has 3 heterocycles. The molecule has 0 aromatic carbocycles. The lowest BCUT2D eigenvalue weighted by atomic mass is 10.1. The number of nitrogens with zero attached hydrogens (tertiary/aromatic N) is 2. The normalized spacial score (nSPS) is 29.2. The summed E-state index contributed by atoms with van der Waals surface area (Å²) in [4.78, 5) is 53.2. The van der Waals surface area contributed by atoms with Gasteiger partial charge in [0.25, 0.3) is 0 Å². The van der Waals surface area contributed by atoms with E-state index in [4.69, 9.17) is 9.47 Å². The largest absolute Gasteiger partial charge is 0.460 e. The smallest absolute Gasteiger partial charge is 0.329 e. The molecule has 8 nitrogen and oxygen atoms in total. The molecule has 0 saturated carbocycles. The Morgan fingerprint density at radius 3 is 1.50 bits per heavy atom. The van der Waals surface area contributed by atoms with Gasteiger partial charge in [0.1, 0.15) is 25.3 Å². The number of hydrogen-bond donors (Lipinski definition) is 0. The second-order valence-corrected chi connectivity index (χ2v) is 8.48. The first-order chi connectivity index (χ1) is 15.6. The average molecular weight is 447 g/mol. The molecular weight excluding hydrogens is 412 g/mol. The van der Waals surface area contributed by atoms with Crippen molar-refractivity contribution in [1.82, 2.24) is 9.80 Å². The van der Waals surface area contributed by atoms with Crippen molar-refractivity contribution >= 4 is 23.8 Å². The van der Waals surface area contributed by atoms with Crippen molar-refractivity contribution in [2.45, 2.75) is 76.3 Å². The third-order valence-corrected chi connectivity index (χ3v) is 6.19. The lowest BCUT2D eigenvalue weighted by Gasteiger charge is -2.23. The van der Waals surface area contributed by atoms with Crippen molar-refractivity contribution < 1.29 is 28.7 Å². The van der Waals surface area contributed by atoms with Gasteiger partial charge < -0.3 is 19.3 Å². The lowest BCUT2D eigenvalue weighted by Crippen LogP contribution is -2.41. The zero-order valence-corrected chi connectivity index (χ0v) is 18.7. The minimum atomic E-state index is -0.491. The highest BCUT2D eigenvalue weighted by Crippen LogP contribution is 2.21. The van der Waals surface area contributed by atoms with E-state index in [0.29, 0.717) is 64.5 Å². The highest BCUT2D eigenvalue weighted by molar-refractivity contribution is 5.86. The average Bonchev–Trinajstić information content (AvgIpc) is 3.46. The van der Waals surface area contributed by atoms with E-state index in [1.54, 1.807) is 22.0 Å². The van der Waals surface area contributed by atoms with Crippen LogP contribution in [0.3, 0.4) is 0 Å². The first-order valence-electron chi connectivity index (χ1n) is 11.8. The van der Waals surface area contributed by atoms with Crippen molar-refractivity contribution in [3.8, 4) is 0 Å². The number of allylic oxidation sites excluding steroid dienone is 2. The number of carbonyl (C=O) groups excluding carboxylic acids is 4. The molecule has 8 heteroatoms. The fourth-order valence-electron chi connectivity index (χ4n) is 4.47. The van der Waals surface area contributed by atoms with Gasteiger partial charge in [0, 0.05) is 25.9 Å². The topological polar surface area (TPSA) is 93.2 Å². The first-order valence-corrected chi connectivity index (χ1v) is 11.8. The predicted octanol–water partition coefficient (Wildman–Crippen LogP) is 2.52. The van der Waals surface area contributed by atoms with Crippen molar-refractivity contribution in [2.75, 3.05) is 26.3 Å². The number of ether oxygens (including phenoxy) is 2. The Hall–Kier alpha value is -2.64. The van der Waals surface area contributed by atoms with Crippen LogP contribution in [0, 0.1) is 0 Å². The molecule has 0 radical (unpaired) electrons. The summed E-state index contributed by atoms with van der Waals surface area (Å²) in [5, 5.41) is 0. The maximum atomic E-state index is 12.5. The number of amides is 2. The summed E-state index contributed by atoms with van der Waals surface area (Å²) in [6.07, 6.45) is 13.7. The Balaban J connectivity index is 1.58. The molecule has 32 heavy (non-hydrogen) atoms. The molecule has 0 aromatic rings. The van der Waals surface area contributed by atoms with Gasteiger partial charge in [-0.25, -0.2) is 9.59 Å². The van der Waals surface area contributed by atoms with Crippen LogP contribution in [0.25, 0.3) is 0 Å². The third-order valence-electron chi connectivity index (χ3n) is 6.19. The third kappa shape index (κ3) is 6.68. The molecule has 0 unspecified atom stereocenters. The Morgan fingerprint density at radius 1 is 0.625 bits per heavy atom. The fraction of sp³-hybridized carbons (Fsp3) is 0.667. The van der Waals surface area contributed by atoms with Gasteiger partial charge in [-0.05, 0) is 51.4 Å². The van der Waals surface area contributed by atoms with Gasteiger partial charge >= 0.3 is 11.9 Å². The molecule has 2 amide bonds. The van der Waals surface area contributed by atoms with E-state index >= 15 is 0 Å². The highest BCUT2D eigenvalue weighted by Gasteiger charge is 2.35. The number of carbonyl (C=O) groups is 4. The molecule has 2 atom stereocenters. The zero-order valence-electron chi connectivity index (χ0n) is 18.7. The maximum absolute atomic E-state index is 12.5. The summed E-state index contributed by atoms with van der Waals surface area (Å²) in [6.45, 7) is 1.51. The zero-order chi connectivity index (χ0) is 22.8. The molecule has 3 aliphatic heterocycles. The lowest BCUT2D eigenvalue weighted by molar-refractivity contribution is -0.152. The SMILES string of the molecule is O=C1OC/C=C/CCCC(=O)N2CCC[C@H]2C(=O)OC/C=C/CCCC(=O)N2CCC[C@@H]12. The van der Waals surface area contributed by atoms with Gasteiger partial charge in [0.2, 0.25) is 11.8 Å². The van der Waals surface area contributed by atoms with Crippen molar-refractivity contribution in [2.24, 2.45) is 0 Å². The second kappa shape index (κ2) is 12.4. The molecule has 0 aliphatic carbocycles. The van der Waals surface area contributed by atoms with Crippen LogP contribution in [-0.2, 0) is 28.7 Å². The molecule has 2 saturated heterocycles. The minimum Gasteiger partial charge on any atom is -0.460 e. The number of fused-ring (bicyclic) bond motifs is 2. The van der Waals surface area contributed by atoms with Crippen LogP contribution in [0.2, 0.25) is 0 Å². The summed E-state index contributed by atoms with van der Waals surface area (Å²) in [5.41, 5.74) is 0. The Morgan fingerprint density at radius 2 is 1.06 bits per heavy atom. The van der Waals surface area contributed by atoms with E-state index in [2.05, 4.69) is 0 Å². The summed E-state index contributed by atoms with van der Waals surface area (Å²) < 4.78 is 10.7. The summed E-state index contributed by atoms with van der Waals surface area (Å²) in [5.74, 6) is -0.736. The molecule has 0 spiro atoms. The molecule has 3 aliphatic rings. The van der Waals surface area contributed by atoms with E-state index in [1.165, 1.54) is 0 Å². The molecule has 0 bridgehead atoms. The van der Waals surface area contributed by atoms with Gasteiger partial charge in [-0.1, -0.05) is 24.3 Å². The first kappa shape index (κ1) is 24.0. The molecule has 2 fully saturated rings. The van der Waals surface area contributed by atoms with Crippen molar-refractivity contribution in [1.29, 1.82) is 0 Å². The van der Waals surface area contributed by atoms with Crippen LogP contribution in [0.5, 0.6) is 0 Å². The van der Waals surface area contributed by atoms with Crippen LogP contribution in [0.15, 0.2) is 24.3 Å². The van der Waals surface area contributed by atoms with E-state index in [-0.39, 0.29) is 37.0 Å². The summed E-state index contributed by atoms with van der Waals surface area (Å²) in [7, 11) is 0. The van der Waals surface area contributed by atoms with E-state index in [1.807, 2.05) is 12.2 Å². The number of hydrogen-bond acceptors (Lipinski definition) is 6. The highest BCUT2D eigenvalue weighted by atomic mass is 16.5. The monoisotopic (exact) mass is 446 g/mol.